The summed E-state index contributed by atoms with van der Waals surface area (Å²) < 4.78 is 5.77. The van der Waals surface area contributed by atoms with Crippen LogP contribution in [-0.4, -0.2) is 12.0 Å². The quantitative estimate of drug-likeness (QED) is 0.342. The van der Waals surface area contributed by atoms with Gasteiger partial charge in [-0.1, -0.05) is 18.2 Å². The number of aliphatic imine (C=N–C) groups is 1. The summed E-state index contributed by atoms with van der Waals surface area (Å²) in [4.78, 5) is 4.51. The van der Waals surface area contributed by atoms with E-state index in [4.69, 9.17) is 4.74 Å². The van der Waals surface area contributed by atoms with Crippen LogP contribution in [0.15, 0.2) is 59.6 Å². The molecular formula is C16H16LiNO. The predicted molar refractivity (Wildman–Crippen MR) is 74.1 cm³/mol. The number of benzene rings is 2. The van der Waals surface area contributed by atoms with E-state index >= 15 is 0 Å². The van der Waals surface area contributed by atoms with Gasteiger partial charge in [-0.2, -0.15) is 24.3 Å². The van der Waals surface area contributed by atoms with Crippen LogP contribution in [-0.2, 0) is 4.74 Å². The fourth-order valence-electron chi connectivity index (χ4n) is 1.53. The second-order valence-electron chi connectivity index (χ2n) is 4.20. The molecule has 0 radical (unpaired) electrons. The van der Waals surface area contributed by atoms with Crippen molar-refractivity contribution in [3.63, 3.8) is 0 Å². The predicted octanol–water partition coefficient (Wildman–Crippen LogP) is 0.994. The Bertz CT molecular complexity index is 509. The molecule has 0 aliphatic rings. The monoisotopic (exact) mass is 245 g/mol. The molecule has 0 fully saturated rings. The summed E-state index contributed by atoms with van der Waals surface area (Å²) in [6, 6.07) is 20.6. The zero-order chi connectivity index (χ0) is 12.8. The van der Waals surface area contributed by atoms with Crippen LogP contribution >= 0.6 is 0 Å². The number of hydrogen-bond donors (Lipinski definition) is 0. The largest absolute Gasteiger partial charge is 1.00 e. The third-order valence-electron chi connectivity index (χ3n) is 2.28. The third-order valence-corrected chi connectivity index (χ3v) is 2.28. The molecule has 92 valence electrons. The zero-order valence-corrected chi connectivity index (χ0v) is 11.6. The molecule has 0 amide bonds. The van der Waals surface area contributed by atoms with Crippen molar-refractivity contribution in [2.45, 2.75) is 20.0 Å². The van der Waals surface area contributed by atoms with E-state index in [2.05, 4.69) is 11.1 Å². The van der Waals surface area contributed by atoms with Crippen molar-refractivity contribution in [3.8, 4) is 0 Å². The summed E-state index contributed by atoms with van der Waals surface area (Å²) in [7, 11) is 0. The third kappa shape index (κ3) is 4.94. The van der Waals surface area contributed by atoms with E-state index < -0.39 is 0 Å². The maximum absolute atomic E-state index is 5.77. The molecule has 0 aliphatic heterocycles. The van der Waals surface area contributed by atoms with Gasteiger partial charge < -0.3 is 4.74 Å². The number of hydrogen-bond acceptors (Lipinski definition) is 2. The van der Waals surface area contributed by atoms with Crippen molar-refractivity contribution >= 4 is 11.6 Å². The number of nitrogens with zero attached hydrogens (tertiary/aromatic N) is 1. The first kappa shape index (κ1) is 15.6. The van der Waals surface area contributed by atoms with Gasteiger partial charge in [0.25, 0.3) is 0 Å². The number of rotatable bonds is 3. The van der Waals surface area contributed by atoms with Gasteiger partial charge in [0.2, 0.25) is 5.90 Å². The van der Waals surface area contributed by atoms with E-state index in [1.54, 1.807) is 0 Å². The molecule has 0 bridgehead atoms. The van der Waals surface area contributed by atoms with Gasteiger partial charge in [0.15, 0.2) is 0 Å². The second-order valence-corrected chi connectivity index (χ2v) is 4.20. The van der Waals surface area contributed by atoms with E-state index in [0.717, 1.165) is 11.3 Å². The Morgan fingerprint density at radius 2 is 1.74 bits per heavy atom. The summed E-state index contributed by atoms with van der Waals surface area (Å²) in [6.07, 6.45) is 0.0904. The van der Waals surface area contributed by atoms with Crippen molar-refractivity contribution < 1.29 is 23.6 Å². The molecule has 2 rings (SSSR count). The first-order valence-electron chi connectivity index (χ1n) is 6.03. The van der Waals surface area contributed by atoms with Crippen LogP contribution in [0.5, 0.6) is 0 Å². The summed E-state index contributed by atoms with van der Waals surface area (Å²) in [5.74, 6) is 0.632. The Morgan fingerprint density at radius 1 is 1.05 bits per heavy atom. The molecule has 0 atom stereocenters. The van der Waals surface area contributed by atoms with Gasteiger partial charge in [-0.15, -0.1) is 6.07 Å². The van der Waals surface area contributed by atoms with E-state index in [1.807, 2.05) is 68.4 Å². The van der Waals surface area contributed by atoms with Crippen molar-refractivity contribution in [2.24, 2.45) is 4.99 Å². The Morgan fingerprint density at radius 3 is 2.32 bits per heavy atom. The number of para-hydroxylation sites is 1. The Balaban J connectivity index is 0.00000180. The molecule has 0 aliphatic carbocycles. The van der Waals surface area contributed by atoms with Crippen LogP contribution in [0.4, 0.5) is 5.69 Å². The average Bonchev–Trinajstić information content (AvgIpc) is 2.40. The zero-order valence-electron chi connectivity index (χ0n) is 11.6. The molecular weight excluding hydrogens is 229 g/mol. The molecule has 2 aromatic carbocycles. The van der Waals surface area contributed by atoms with Crippen molar-refractivity contribution in [1.29, 1.82) is 0 Å². The normalized spacial score (nSPS) is 11.0. The average molecular weight is 245 g/mol. The Labute approximate surface area is 126 Å². The Hall–Kier alpha value is -1.49. The minimum absolute atomic E-state index is 0. The van der Waals surface area contributed by atoms with E-state index in [-0.39, 0.29) is 25.0 Å². The van der Waals surface area contributed by atoms with Crippen molar-refractivity contribution in [1.82, 2.24) is 0 Å². The van der Waals surface area contributed by atoms with Gasteiger partial charge >= 0.3 is 18.9 Å². The standard InChI is InChI=1S/C16H16NO.Li/c1-13(2)18-16(14-9-5-3-6-10-14)17-15-11-7-4-8-12-15;/h3-11,13H,1-2H3;/q-1;+1. The van der Waals surface area contributed by atoms with Crippen molar-refractivity contribution in [3.05, 3.63) is 66.2 Å². The molecule has 0 aromatic heterocycles. The molecule has 0 saturated carbocycles. The molecule has 0 unspecified atom stereocenters. The minimum Gasteiger partial charge on any atom is -0.475 e. The van der Waals surface area contributed by atoms with E-state index in [0.29, 0.717) is 5.90 Å². The SMILES string of the molecule is CC(C)OC(=Nc1[c-]cccc1)c1ccccc1.[Li+]. The van der Waals surface area contributed by atoms with Gasteiger partial charge in [-0.05, 0) is 31.7 Å². The van der Waals surface area contributed by atoms with Gasteiger partial charge in [0, 0.05) is 5.56 Å². The molecule has 2 aromatic rings. The van der Waals surface area contributed by atoms with E-state index in [9.17, 15) is 0 Å². The van der Waals surface area contributed by atoms with Gasteiger partial charge in [0.1, 0.15) is 0 Å². The summed E-state index contributed by atoms with van der Waals surface area (Å²) in [5.41, 5.74) is 1.75. The minimum atomic E-state index is 0. The van der Waals surface area contributed by atoms with Crippen LogP contribution < -0.4 is 18.9 Å². The van der Waals surface area contributed by atoms with Gasteiger partial charge in [0.05, 0.1) is 6.10 Å². The summed E-state index contributed by atoms with van der Waals surface area (Å²) >= 11 is 0. The topological polar surface area (TPSA) is 21.6 Å². The number of ether oxygens (including phenoxy) is 1. The van der Waals surface area contributed by atoms with Crippen LogP contribution in [0.3, 0.4) is 0 Å². The first-order valence-corrected chi connectivity index (χ1v) is 6.03. The van der Waals surface area contributed by atoms with Crippen LogP contribution in [0.25, 0.3) is 0 Å². The first-order chi connectivity index (χ1) is 8.75. The maximum Gasteiger partial charge on any atom is 1.00 e. The molecule has 0 heterocycles. The van der Waals surface area contributed by atoms with Gasteiger partial charge in [-0.25, -0.2) is 4.99 Å². The smallest absolute Gasteiger partial charge is 0.475 e. The van der Waals surface area contributed by atoms with E-state index in [1.165, 1.54) is 0 Å². The van der Waals surface area contributed by atoms with Crippen molar-refractivity contribution in [2.75, 3.05) is 0 Å². The molecule has 19 heavy (non-hydrogen) atoms. The fourth-order valence-corrected chi connectivity index (χ4v) is 1.53. The van der Waals surface area contributed by atoms with Crippen LogP contribution in [0, 0.1) is 6.07 Å². The van der Waals surface area contributed by atoms with Gasteiger partial charge in [-0.3, -0.25) is 0 Å². The maximum atomic E-state index is 5.77. The molecule has 3 heteroatoms. The Kier molecular flexibility index (Phi) is 6.42. The summed E-state index contributed by atoms with van der Waals surface area (Å²) in [6.45, 7) is 3.99. The van der Waals surface area contributed by atoms with Crippen LogP contribution in [0.2, 0.25) is 0 Å². The summed E-state index contributed by atoms with van der Waals surface area (Å²) in [5, 5.41) is 0. The second kappa shape index (κ2) is 7.84. The van der Waals surface area contributed by atoms with Crippen LogP contribution in [0.1, 0.15) is 19.4 Å². The molecule has 0 saturated heterocycles. The molecule has 2 nitrogen and oxygen atoms in total. The fraction of sp³-hybridized carbons (Fsp3) is 0.188. The molecule has 0 spiro atoms. The molecule has 0 N–H and O–H groups in total.